The summed E-state index contributed by atoms with van der Waals surface area (Å²) in [7, 11) is 0. The fourth-order valence-electron chi connectivity index (χ4n) is 7.78. The normalized spacial score (nSPS) is 23.2. The maximum Gasteiger partial charge on any atom is 0.289 e. The van der Waals surface area contributed by atoms with E-state index < -0.39 is 60.9 Å². The first-order valence-corrected chi connectivity index (χ1v) is 17.9. The number of carbonyl (C=O) groups is 6. The number of halogens is 1. The monoisotopic (exact) mass is 678 g/mol. The third kappa shape index (κ3) is 11.4. The van der Waals surface area contributed by atoms with Gasteiger partial charge in [0.2, 0.25) is 11.7 Å². The first kappa shape index (κ1) is 39.7. The van der Waals surface area contributed by atoms with E-state index in [0.29, 0.717) is 25.7 Å². The van der Waals surface area contributed by atoms with Crippen molar-refractivity contribution in [2.24, 2.45) is 29.1 Å². The highest BCUT2D eigenvalue weighted by Gasteiger charge is 2.45. The van der Waals surface area contributed by atoms with E-state index in [-0.39, 0.29) is 34.7 Å². The average molecular weight is 679 g/mol. The summed E-state index contributed by atoms with van der Waals surface area (Å²) in [5.74, 6) is -4.31. The van der Waals surface area contributed by atoms with Crippen molar-refractivity contribution in [3.63, 3.8) is 0 Å². The van der Waals surface area contributed by atoms with Crippen molar-refractivity contribution in [2.45, 2.75) is 110 Å². The quantitative estimate of drug-likeness (QED) is 0.103. The Labute approximate surface area is 291 Å². The van der Waals surface area contributed by atoms with Crippen molar-refractivity contribution in [2.75, 3.05) is 13.2 Å². The number of alkyl halides is 1. The van der Waals surface area contributed by atoms with Gasteiger partial charge in [-0.25, -0.2) is 0 Å². The molecule has 2 fully saturated rings. The van der Waals surface area contributed by atoms with Gasteiger partial charge in [0.15, 0.2) is 5.78 Å². The molecule has 1 aromatic rings. The molecule has 0 aliphatic heterocycles. The molecule has 4 unspecified atom stereocenters. The second-order valence-corrected chi connectivity index (χ2v) is 14.6. The molecule has 6 atom stereocenters. The minimum absolute atomic E-state index is 0.0479. The van der Waals surface area contributed by atoms with E-state index in [0.717, 1.165) is 43.2 Å². The van der Waals surface area contributed by atoms with Crippen molar-refractivity contribution in [1.29, 1.82) is 0 Å². The SMILES string of the molecule is C=C(C)[C@H](C(=O)C1C[C@H](C(=O)NC(CCF)C(=O)C(=O)NCC(=O)/C=C/CC(C(C)=O)c2ccccc2)CC(C)(CC)C1)C1CCCCC1. The standard InChI is InChI=1S/C40H55FN2O6/c1-6-40(5)23-30(36(46)35(26(2)3)29-16-11-8-12-17-29)22-31(24-40)38(48)43-34(20-21-41)37(47)39(49)42-25-32(45)18-13-19-33(27(4)44)28-14-9-7-10-15-28/h7,9-10,13-15,18,29-31,33-35H,2,6,8,11-12,16-17,19-25H2,1,3-5H3,(H,42,49)(H,43,48)/b18-13+/t30?,31-,33?,34?,35-,40?/m0/s1. The summed E-state index contributed by atoms with van der Waals surface area (Å²) in [6.45, 7) is 10.3. The molecule has 2 amide bonds. The summed E-state index contributed by atoms with van der Waals surface area (Å²) in [4.78, 5) is 78.1. The van der Waals surface area contributed by atoms with Gasteiger partial charge >= 0.3 is 0 Å². The minimum Gasteiger partial charge on any atom is -0.345 e. The largest absolute Gasteiger partial charge is 0.345 e. The van der Waals surface area contributed by atoms with Gasteiger partial charge in [-0.1, -0.05) is 88.1 Å². The minimum atomic E-state index is -1.40. The smallest absolute Gasteiger partial charge is 0.289 e. The maximum atomic E-state index is 14.1. The molecule has 1 aromatic carbocycles. The molecule has 49 heavy (non-hydrogen) atoms. The van der Waals surface area contributed by atoms with Crippen LogP contribution >= 0.6 is 0 Å². The van der Waals surface area contributed by atoms with Crippen molar-refractivity contribution in [1.82, 2.24) is 10.6 Å². The summed E-state index contributed by atoms with van der Waals surface area (Å²) >= 11 is 0. The number of rotatable bonds is 18. The Morgan fingerprint density at radius 3 is 2.24 bits per heavy atom. The second kappa shape index (κ2) is 18.9. The third-order valence-corrected chi connectivity index (χ3v) is 10.7. The van der Waals surface area contributed by atoms with E-state index in [1.54, 1.807) is 6.08 Å². The van der Waals surface area contributed by atoms with Crippen LogP contribution in [0.4, 0.5) is 4.39 Å². The molecule has 0 saturated heterocycles. The van der Waals surface area contributed by atoms with Crippen LogP contribution < -0.4 is 10.6 Å². The van der Waals surface area contributed by atoms with Crippen LogP contribution in [-0.4, -0.2) is 54.2 Å². The molecule has 9 heteroatoms. The fraction of sp³-hybridized carbons (Fsp3) is 0.600. The molecule has 0 aromatic heterocycles. The van der Waals surface area contributed by atoms with Crippen molar-refractivity contribution in [3.8, 4) is 0 Å². The Kier molecular flexibility index (Phi) is 15.3. The molecule has 3 rings (SSSR count). The highest BCUT2D eigenvalue weighted by atomic mass is 19.1. The van der Waals surface area contributed by atoms with Gasteiger partial charge in [-0.2, -0.15) is 0 Å². The first-order valence-electron chi connectivity index (χ1n) is 17.9. The lowest BCUT2D eigenvalue weighted by Gasteiger charge is -2.43. The molecule has 0 heterocycles. The van der Waals surface area contributed by atoms with Gasteiger partial charge in [-0.05, 0) is 75.3 Å². The molecule has 2 aliphatic carbocycles. The Bertz CT molecular complexity index is 1380. The van der Waals surface area contributed by atoms with Crippen molar-refractivity contribution >= 4 is 34.9 Å². The van der Waals surface area contributed by atoms with Gasteiger partial charge in [-0.15, -0.1) is 0 Å². The van der Waals surface area contributed by atoms with Crippen molar-refractivity contribution < 1.29 is 33.2 Å². The number of hydrogen-bond acceptors (Lipinski definition) is 6. The number of hydrogen-bond donors (Lipinski definition) is 2. The summed E-state index contributed by atoms with van der Waals surface area (Å²) in [5.41, 5.74) is 1.42. The topological polar surface area (TPSA) is 126 Å². The van der Waals surface area contributed by atoms with Crippen LogP contribution in [0.1, 0.15) is 110 Å². The van der Waals surface area contributed by atoms with E-state index in [4.69, 9.17) is 0 Å². The zero-order valence-corrected chi connectivity index (χ0v) is 29.7. The fourth-order valence-corrected chi connectivity index (χ4v) is 7.78. The van der Waals surface area contributed by atoms with Crippen LogP contribution in [0.15, 0.2) is 54.6 Å². The lowest BCUT2D eigenvalue weighted by molar-refractivity contribution is -0.141. The zero-order valence-electron chi connectivity index (χ0n) is 29.7. The summed E-state index contributed by atoms with van der Waals surface area (Å²) < 4.78 is 13.6. The number of nitrogens with one attached hydrogen (secondary N) is 2. The van der Waals surface area contributed by atoms with E-state index in [1.165, 1.54) is 19.4 Å². The van der Waals surface area contributed by atoms with Crippen LogP contribution in [0.25, 0.3) is 0 Å². The van der Waals surface area contributed by atoms with Crippen LogP contribution in [0.3, 0.4) is 0 Å². The molecule has 268 valence electrons. The molecule has 2 aliphatic rings. The molecule has 2 N–H and O–H groups in total. The van der Waals surface area contributed by atoms with E-state index in [1.807, 2.05) is 44.2 Å². The Morgan fingerprint density at radius 1 is 1.00 bits per heavy atom. The average Bonchev–Trinajstić information content (AvgIpc) is 3.08. The lowest BCUT2D eigenvalue weighted by Crippen LogP contribution is -2.51. The number of allylic oxidation sites excluding steroid dienone is 2. The predicted molar refractivity (Wildman–Crippen MR) is 188 cm³/mol. The lowest BCUT2D eigenvalue weighted by atomic mass is 9.61. The number of amides is 2. The van der Waals surface area contributed by atoms with Crippen LogP contribution in [0, 0.1) is 29.1 Å². The Hall–Kier alpha value is -3.75. The van der Waals surface area contributed by atoms with Gasteiger partial charge in [0.05, 0.1) is 19.3 Å². The molecule has 0 bridgehead atoms. The molecular weight excluding hydrogens is 623 g/mol. The molecule has 0 radical (unpaired) electrons. The second-order valence-electron chi connectivity index (χ2n) is 14.6. The Balaban J connectivity index is 1.62. The molecule has 0 spiro atoms. The molecule has 8 nitrogen and oxygen atoms in total. The van der Waals surface area contributed by atoms with Crippen LogP contribution in [-0.2, 0) is 28.8 Å². The summed E-state index contributed by atoms with van der Waals surface area (Å²) in [5, 5.41) is 4.90. The van der Waals surface area contributed by atoms with Crippen LogP contribution in [0.2, 0.25) is 0 Å². The van der Waals surface area contributed by atoms with Gasteiger partial charge in [0, 0.05) is 30.1 Å². The number of carbonyl (C=O) groups excluding carboxylic acids is 6. The number of ketones is 4. The predicted octanol–water partition coefficient (Wildman–Crippen LogP) is 6.58. The van der Waals surface area contributed by atoms with Gasteiger partial charge in [-0.3, -0.25) is 33.2 Å². The van der Waals surface area contributed by atoms with Gasteiger partial charge in [0.25, 0.3) is 5.91 Å². The Morgan fingerprint density at radius 2 is 1.65 bits per heavy atom. The van der Waals surface area contributed by atoms with E-state index in [2.05, 4.69) is 24.1 Å². The highest BCUT2D eigenvalue weighted by molar-refractivity contribution is 6.38. The zero-order chi connectivity index (χ0) is 36.1. The maximum absolute atomic E-state index is 14.1. The molecule has 2 saturated carbocycles. The van der Waals surface area contributed by atoms with Gasteiger partial charge < -0.3 is 10.6 Å². The summed E-state index contributed by atoms with van der Waals surface area (Å²) in [6, 6.07) is 7.79. The van der Waals surface area contributed by atoms with Crippen molar-refractivity contribution in [3.05, 3.63) is 60.2 Å². The first-order chi connectivity index (χ1) is 23.3. The van der Waals surface area contributed by atoms with E-state index >= 15 is 0 Å². The van der Waals surface area contributed by atoms with Gasteiger partial charge in [0.1, 0.15) is 11.6 Å². The highest BCUT2D eigenvalue weighted by Crippen LogP contribution is 2.47. The third-order valence-electron chi connectivity index (χ3n) is 10.7. The molecular formula is C40H55FN2O6. The summed E-state index contributed by atoms with van der Waals surface area (Å²) in [6.07, 6.45) is 10.4. The number of benzene rings is 1. The number of Topliss-reactive ketones (excluding diaryl/α,β-unsaturated/α-hetero) is 3. The van der Waals surface area contributed by atoms with E-state index in [9.17, 15) is 33.2 Å². The van der Waals surface area contributed by atoms with Crippen LogP contribution in [0.5, 0.6) is 0 Å².